The Kier molecular flexibility index (Phi) is 3.76. The first kappa shape index (κ1) is 12.1. The number of Topliss-reactive ketones (excluding diaryl/α,β-unsaturated/α-hetero) is 1. The summed E-state index contributed by atoms with van der Waals surface area (Å²) in [5.74, 6) is 0.528. The lowest BCUT2D eigenvalue weighted by Gasteiger charge is -2.12. The molecule has 0 aromatic heterocycles. The van der Waals surface area contributed by atoms with Gasteiger partial charge in [-0.25, -0.2) is 0 Å². The van der Waals surface area contributed by atoms with Gasteiger partial charge in [0, 0.05) is 19.8 Å². The van der Waals surface area contributed by atoms with Crippen LogP contribution >= 0.6 is 0 Å². The predicted octanol–water partition coefficient (Wildman–Crippen LogP) is 2.03. The van der Waals surface area contributed by atoms with Crippen molar-refractivity contribution < 1.29 is 19.0 Å². The molecule has 1 aliphatic rings. The summed E-state index contributed by atoms with van der Waals surface area (Å²) in [6.07, 6.45) is 1.65. The molecular weight excluding hydrogens is 220 g/mol. The Morgan fingerprint density at radius 3 is 2.59 bits per heavy atom. The van der Waals surface area contributed by atoms with Crippen LogP contribution in [-0.4, -0.2) is 32.4 Å². The number of ether oxygens (including phenoxy) is 3. The monoisotopic (exact) mass is 236 g/mol. The molecule has 1 aromatic rings. The van der Waals surface area contributed by atoms with Gasteiger partial charge in [-0.05, 0) is 25.0 Å². The highest BCUT2D eigenvalue weighted by Gasteiger charge is 2.24. The summed E-state index contributed by atoms with van der Waals surface area (Å²) in [5.41, 5.74) is 0.539. The van der Waals surface area contributed by atoms with Crippen molar-refractivity contribution in [1.82, 2.24) is 0 Å². The minimum atomic E-state index is -0.855. The Morgan fingerprint density at radius 2 is 2.00 bits per heavy atom. The molecule has 0 bridgehead atoms. The molecule has 1 aromatic carbocycles. The van der Waals surface area contributed by atoms with Crippen LogP contribution in [0.4, 0.5) is 0 Å². The molecule has 1 fully saturated rings. The highest BCUT2D eigenvalue weighted by atomic mass is 16.7. The van der Waals surface area contributed by atoms with Gasteiger partial charge in [-0.1, -0.05) is 12.1 Å². The van der Waals surface area contributed by atoms with Crippen molar-refractivity contribution in [2.24, 2.45) is 0 Å². The van der Waals surface area contributed by atoms with Crippen LogP contribution in [0.15, 0.2) is 24.3 Å². The van der Waals surface area contributed by atoms with E-state index in [0.717, 1.165) is 18.6 Å². The zero-order valence-electron chi connectivity index (χ0n) is 10.0. The number of benzene rings is 1. The van der Waals surface area contributed by atoms with Crippen molar-refractivity contribution in [3.8, 4) is 5.75 Å². The summed E-state index contributed by atoms with van der Waals surface area (Å²) in [7, 11) is 2.88. The van der Waals surface area contributed by atoms with E-state index in [9.17, 15) is 4.79 Å². The van der Waals surface area contributed by atoms with E-state index < -0.39 is 6.29 Å². The Balaban J connectivity index is 2.10. The highest BCUT2D eigenvalue weighted by molar-refractivity contribution is 5.98. The number of hydrogen-bond donors (Lipinski definition) is 0. The van der Waals surface area contributed by atoms with Crippen molar-refractivity contribution in [3.05, 3.63) is 29.8 Å². The third-order valence-corrected chi connectivity index (χ3v) is 2.59. The minimum Gasteiger partial charge on any atom is -0.490 e. The molecule has 0 unspecified atom stereocenters. The van der Waals surface area contributed by atoms with Crippen LogP contribution in [0.1, 0.15) is 23.2 Å². The molecule has 4 nitrogen and oxygen atoms in total. The first-order valence-corrected chi connectivity index (χ1v) is 5.61. The molecule has 4 heteroatoms. The topological polar surface area (TPSA) is 44.8 Å². The van der Waals surface area contributed by atoms with Crippen molar-refractivity contribution in [2.75, 3.05) is 14.2 Å². The summed E-state index contributed by atoms with van der Waals surface area (Å²) >= 11 is 0. The van der Waals surface area contributed by atoms with E-state index in [1.54, 1.807) is 18.2 Å². The summed E-state index contributed by atoms with van der Waals surface area (Å²) in [6, 6.07) is 7.11. The third-order valence-electron chi connectivity index (χ3n) is 2.59. The molecule has 17 heavy (non-hydrogen) atoms. The lowest BCUT2D eigenvalue weighted by molar-refractivity contribution is -0.0742. The van der Waals surface area contributed by atoms with Crippen molar-refractivity contribution in [2.45, 2.75) is 25.2 Å². The third kappa shape index (κ3) is 3.05. The van der Waals surface area contributed by atoms with E-state index in [4.69, 9.17) is 14.2 Å². The lowest BCUT2D eigenvalue weighted by atomic mass is 10.1. The Hall–Kier alpha value is -1.39. The maximum atomic E-state index is 12.0. The second kappa shape index (κ2) is 5.29. The summed E-state index contributed by atoms with van der Waals surface area (Å²) in [4.78, 5) is 12.0. The predicted molar refractivity (Wildman–Crippen MR) is 62.2 cm³/mol. The van der Waals surface area contributed by atoms with Gasteiger partial charge in [0.2, 0.25) is 12.1 Å². The molecule has 0 aliphatic heterocycles. The van der Waals surface area contributed by atoms with Gasteiger partial charge < -0.3 is 14.2 Å². The number of rotatable bonds is 6. The van der Waals surface area contributed by atoms with E-state index in [0.29, 0.717) is 11.7 Å². The second-order valence-electron chi connectivity index (χ2n) is 4.01. The maximum Gasteiger partial charge on any atom is 0.222 e. The fourth-order valence-corrected chi connectivity index (χ4v) is 1.55. The van der Waals surface area contributed by atoms with Gasteiger partial charge in [0.1, 0.15) is 5.75 Å². The molecule has 2 rings (SSSR count). The molecule has 0 radical (unpaired) electrons. The van der Waals surface area contributed by atoms with Gasteiger partial charge >= 0.3 is 0 Å². The van der Waals surface area contributed by atoms with Crippen molar-refractivity contribution >= 4 is 5.78 Å². The molecule has 0 saturated heterocycles. The number of ketones is 1. The van der Waals surface area contributed by atoms with E-state index >= 15 is 0 Å². The van der Waals surface area contributed by atoms with Crippen LogP contribution < -0.4 is 4.74 Å². The summed E-state index contributed by atoms with van der Waals surface area (Å²) in [5, 5.41) is 0. The van der Waals surface area contributed by atoms with Gasteiger partial charge in [0.05, 0.1) is 6.10 Å². The van der Waals surface area contributed by atoms with Crippen LogP contribution in [0.2, 0.25) is 0 Å². The number of carbonyl (C=O) groups is 1. The molecule has 0 N–H and O–H groups in total. The number of methoxy groups -OCH3 is 2. The normalized spacial score (nSPS) is 15.0. The molecular formula is C13H16O4. The van der Waals surface area contributed by atoms with E-state index in [-0.39, 0.29) is 5.78 Å². The van der Waals surface area contributed by atoms with Gasteiger partial charge in [0.15, 0.2) is 0 Å². The van der Waals surface area contributed by atoms with Gasteiger partial charge in [0.25, 0.3) is 0 Å². The average molecular weight is 236 g/mol. The molecule has 92 valence electrons. The van der Waals surface area contributed by atoms with Crippen LogP contribution in [0.5, 0.6) is 5.75 Å². The zero-order chi connectivity index (χ0) is 12.3. The fraction of sp³-hybridized carbons (Fsp3) is 0.462. The Morgan fingerprint density at radius 1 is 1.29 bits per heavy atom. The second-order valence-corrected chi connectivity index (χ2v) is 4.01. The first-order chi connectivity index (χ1) is 8.24. The van der Waals surface area contributed by atoms with Crippen molar-refractivity contribution in [1.29, 1.82) is 0 Å². The van der Waals surface area contributed by atoms with Crippen LogP contribution in [0, 0.1) is 0 Å². The van der Waals surface area contributed by atoms with E-state index in [1.807, 2.05) is 6.07 Å². The van der Waals surface area contributed by atoms with E-state index in [1.165, 1.54) is 14.2 Å². The fourth-order valence-electron chi connectivity index (χ4n) is 1.55. The molecule has 0 spiro atoms. The zero-order valence-corrected chi connectivity index (χ0v) is 10.0. The van der Waals surface area contributed by atoms with Crippen LogP contribution in [0.25, 0.3) is 0 Å². The number of hydrogen-bond acceptors (Lipinski definition) is 4. The maximum absolute atomic E-state index is 12.0. The highest BCUT2D eigenvalue weighted by Crippen LogP contribution is 2.27. The Bertz CT molecular complexity index is 394. The van der Waals surface area contributed by atoms with Gasteiger partial charge in [-0.3, -0.25) is 4.79 Å². The average Bonchev–Trinajstić information content (AvgIpc) is 3.15. The smallest absolute Gasteiger partial charge is 0.222 e. The molecule has 1 aliphatic carbocycles. The molecule has 0 heterocycles. The summed E-state index contributed by atoms with van der Waals surface area (Å²) < 4.78 is 15.5. The largest absolute Gasteiger partial charge is 0.490 e. The SMILES string of the molecule is COC(OC)C(=O)c1cccc(OC2CC2)c1. The Labute approximate surface area is 100 Å². The van der Waals surface area contributed by atoms with Crippen LogP contribution in [-0.2, 0) is 9.47 Å². The lowest BCUT2D eigenvalue weighted by Crippen LogP contribution is -2.24. The summed E-state index contributed by atoms with van der Waals surface area (Å²) in [6.45, 7) is 0. The standard InChI is InChI=1S/C13H16O4/c1-15-13(16-2)12(14)9-4-3-5-11(8-9)17-10-6-7-10/h3-5,8,10,13H,6-7H2,1-2H3. The number of carbonyl (C=O) groups excluding carboxylic acids is 1. The van der Waals surface area contributed by atoms with Crippen LogP contribution in [0.3, 0.4) is 0 Å². The minimum absolute atomic E-state index is 0.198. The van der Waals surface area contributed by atoms with Crippen molar-refractivity contribution in [3.63, 3.8) is 0 Å². The first-order valence-electron chi connectivity index (χ1n) is 5.61. The van der Waals surface area contributed by atoms with E-state index in [2.05, 4.69) is 0 Å². The quantitative estimate of drug-likeness (QED) is 0.560. The molecule has 0 amide bonds. The molecule has 0 atom stereocenters. The van der Waals surface area contributed by atoms with Gasteiger partial charge in [-0.2, -0.15) is 0 Å². The van der Waals surface area contributed by atoms with Gasteiger partial charge in [-0.15, -0.1) is 0 Å². The molecule has 1 saturated carbocycles.